The Hall–Kier alpha value is -3.49. The molecule has 37 heavy (non-hydrogen) atoms. The van der Waals surface area contributed by atoms with E-state index in [0.29, 0.717) is 11.9 Å². The lowest BCUT2D eigenvalue weighted by molar-refractivity contribution is 0.482. The number of hydrogen-bond acceptors (Lipinski definition) is 6. The van der Waals surface area contributed by atoms with Gasteiger partial charge in [-0.25, -0.2) is 0 Å². The largest absolute Gasteiger partial charge is 0.505 e. The summed E-state index contributed by atoms with van der Waals surface area (Å²) in [6, 6.07) is 24.6. The maximum absolute atomic E-state index is 10.3. The summed E-state index contributed by atoms with van der Waals surface area (Å²) in [5.41, 5.74) is 2.32. The predicted octanol–water partition coefficient (Wildman–Crippen LogP) is 8.40. The Morgan fingerprint density at radius 1 is 0.865 bits per heavy atom. The van der Waals surface area contributed by atoms with Gasteiger partial charge in [-0.2, -0.15) is 18.6 Å². The molecule has 0 bridgehead atoms. The van der Waals surface area contributed by atoms with Crippen molar-refractivity contribution < 1.29 is 18.1 Å². The topological polar surface area (TPSA) is 111 Å². The van der Waals surface area contributed by atoms with Crippen LogP contribution in [0.4, 0.5) is 11.4 Å². The van der Waals surface area contributed by atoms with Crippen LogP contribution in [0.5, 0.6) is 5.75 Å². The number of nitrogens with zero attached hydrogens (tertiary/aromatic N) is 2. The number of anilines is 1. The molecule has 4 aromatic carbocycles. The fourth-order valence-electron chi connectivity index (χ4n) is 3.13. The van der Waals surface area contributed by atoms with Crippen LogP contribution < -0.4 is 5.32 Å². The van der Waals surface area contributed by atoms with E-state index in [2.05, 4.69) is 77.9 Å². The molecular formula is C29H41N3O4S. The highest BCUT2D eigenvalue weighted by Gasteiger charge is 2.12. The van der Waals surface area contributed by atoms with E-state index in [1.165, 1.54) is 17.2 Å². The van der Waals surface area contributed by atoms with Gasteiger partial charge in [0.05, 0.1) is 6.26 Å². The van der Waals surface area contributed by atoms with Gasteiger partial charge >= 0.3 is 0 Å². The van der Waals surface area contributed by atoms with E-state index in [1.54, 1.807) is 7.05 Å². The molecule has 0 saturated carbocycles. The normalized spacial score (nSPS) is 10.1. The molecule has 4 rings (SSSR count). The summed E-state index contributed by atoms with van der Waals surface area (Å²) >= 11 is 0. The monoisotopic (exact) mass is 527 g/mol. The van der Waals surface area contributed by atoms with Crippen molar-refractivity contribution >= 4 is 43.0 Å². The van der Waals surface area contributed by atoms with Crippen molar-refractivity contribution in [3.05, 3.63) is 78.4 Å². The third kappa shape index (κ3) is 12.3. The Morgan fingerprint density at radius 2 is 1.27 bits per heavy atom. The number of phenolic OH excluding ortho intramolecular Hbond substituents is 1. The predicted molar refractivity (Wildman–Crippen MR) is 159 cm³/mol. The van der Waals surface area contributed by atoms with E-state index in [1.807, 2.05) is 52.1 Å². The van der Waals surface area contributed by atoms with E-state index in [4.69, 9.17) is 4.55 Å². The van der Waals surface area contributed by atoms with Gasteiger partial charge in [0.2, 0.25) is 0 Å². The van der Waals surface area contributed by atoms with E-state index < -0.39 is 10.1 Å². The first-order valence-electron chi connectivity index (χ1n) is 12.2. The molecule has 0 amide bonds. The molecule has 0 unspecified atom stereocenters. The second-order valence-electron chi connectivity index (χ2n) is 7.63. The van der Waals surface area contributed by atoms with Gasteiger partial charge in [0, 0.05) is 25.2 Å². The van der Waals surface area contributed by atoms with Crippen LogP contribution in [0.15, 0.2) is 83.0 Å². The molecule has 0 heterocycles. The van der Waals surface area contributed by atoms with E-state index in [9.17, 15) is 13.5 Å². The molecule has 0 radical (unpaired) electrons. The van der Waals surface area contributed by atoms with Crippen LogP contribution in [0.2, 0.25) is 0 Å². The van der Waals surface area contributed by atoms with Gasteiger partial charge in [-0.15, -0.1) is 0 Å². The van der Waals surface area contributed by atoms with Gasteiger partial charge < -0.3 is 10.4 Å². The molecule has 0 atom stereocenters. The van der Waals surface area contributed by atoms with Crippen LogP contribution in [0.1, 0.15) is 39.7 Å². The molecule has 0 aliphatic carbocycles. The third-order valence-electron chi connectivity index (χ3n) is 4.43. The van der Waals surface area contributed by atoms with Crippen LogP contribution in [-0.2, 0) is 10.1 Å². The lowest BCUT2D eigenvalue weighted by atomic mass is 10.0. The Labute approximate surface area is 222 Å². The number of fused-ring (bicyclic) bond motifs is 2. The maximum Gasteiger partial charge on any atom is 0.261 e. The summed E-state index contributed by atoms with van der Waals surface area (Å²) in [6.07, 6.45) is 1.97. The quantitative estimate of drug-likeness (QED) is 0.179. The number of nitrogens with one attached hydrogen (secondary N) is 1. The van der Waals surface area contributed by atoms with Crippen molar-refractivity contribution in [2.45, 2.75) is 41.0 Å². The number of rotatable bonds is 2. The van der Waals surface area contributed by atoms with Crippen molar-refractivity contribution in [3.8, 4) is 5.75 Å². The number of aryl methyl sites for hydroxylation is 1. The number of aromatic hydroxyl groups is 1. The number of phenols is 1. The Balaban J connectivity index is 0.000000547. The van der Waals surface area contributed by atoms with Crippen LogP contribution in [-0.4, -0.2) is 38.4 Å². The summed E-state index contributed by atoms with van der Waals surface area (Å²) in [7, 11) is -0.248. The maximum atomic E-state index is 10.3. The summed E-state index contributed by atoms with van der Waals surface area (Å²) in [6.45, 7) is 10.2. The van der Waals surface area contributed by atoms with Crippen molar-refractivity contribution in [2.24, 2.45) is 10.2 Å². The summed E-state index contributed by atoms with van der Waals surface area (Å²) in [4.78, 5) is 0. The molecule has 4 aromatic rings. The minimum atomic E-state index is -3.67. The second-order valence-corrected chi connectivity index (χ2v) is 9.10. The minimum Gasteiger partial charge on any atom is -0.505 e. The minimum absolute atomic E-state index is 0.176. The van der Waals surface area contributed by atoms with Gasteiger partial charge in [0.25, 0.3) is 10.1 Å². The zero-order chi connectivity index (χ0) is 28.4. The van der Waals surface area contributed by atoms with E-state index in [0.717, 1.165) is 22.0 Å². The zero-order valence-corrected chi connectivity index (χ0v) is 24.0. The van der Waals surface area contributed by atoms with Crippen molar-refractivity contribution in [1.29, 1.82) is 0 Å². The highest BCUT2D eigenvalue weighted by Crippen LogP contribution is 2.41. The Morgan fingerprint density at radius 3 is 1.65 bits per heavy atom. The Kier molecular flexibility index (Phi) is 16.2. The molecule has 0 aliphatic heterocycles. The lowest BCUT2D eigenvalue weighted by Gasteiger charge is -2.11. The van der Waals surface area contributed by atoms with Gasteiger partial charge in [-0.1, -0.05) is 94.8 Å². The second kappa shape index (κ2) is 17.9. The molecule has 202 valence electrons. The van der Waals surface area contributed by atoms with Crippen molar-refractivity contribution in [1.82, 2.24) is 0 Å². The summed E-state index contributed by atoms with van der Waals surface area (Å²) < 4.78 is 25.9. The van der Waals surface area contributed by atoms with Crippen LogP contribution in [0.25, 0.3) is 21.5 Å². The highest BCUT2D eigenvalue weighted by atomic mass is 32.2. The average Bonchev–Trinajstić information content (AvgIpc) is 2.87. The van der Waals surface area contributed by atoms with Gasteiger partial charge in [-0.3, -0.25) is 4.55 Å². The molecule has 0 aliphatic rings. The Bertz CT molecular complexity index is 1280. The van der Waals surface area contributed by atoms with E-state index in [-0.39, 0.29) is 5.75 Å². The number of azo groups is 1. The lowest BCUT2D eigenvalue weighted by Crippen LogP contribution is -1.90. The van der Waals surface area contributed by atoms with Crippen LogP contribution in [0.3, 0.4) is 0 Å². The summed E-state index contributed by atoms with van der Waals surface area (Å²) in [5, 5.41) is 25.4. The standard InChI is InChI=1S/C13H15N3O.C10H8.C3H8.C2H6.CH4O3S/c1-8-7-9-5-4-6-10(14-2)11(9)13(17)12(8)16-15-3;1-2-6-10-8-4-3-7-9(10)5-1;1-3-2;1-2;1-5(2,3)4/h4-7,14,17H,1-3H3;1-8H;3H2,1-2H3;1-2H3;1H3,(H,2,3,4). The molecule has 0 aromatic heterocycles. The van der Waals surface area contributed by atoms with Gasteiger partial charge in [0.15, 0.2) is 5.75 Å². The average molecular weight is 528 g/mol. The van der Waals surface area contributed by atoms with Crippen LogP contribution >= 0.6 is 0 Å². The van der Waals surface area contributed by atoms with Crippen molar-refractivity contribution in [2.75, 3.05) is 25.7 Å². The smallest absolute Gasteiger partial charge is 0.261 e. The molecule has 7 nitrogen and oxygen atoms in total. The zero-order valence-electron chi connectivity index (χ0n) is 23.1. The number of hydrogen-bond donors (Lipinski definition) is 3. The fraction of sp³-hybridized carbons (Fsp3) is 0.310. The molecule has 0 spiro atoms. The van der Waals surface area contributed by atoms with Crippen molar-refractivity contribution in [3.63, 3.8) is 0 Å². The fourth-order valence-corrected chi connectivity index (χ4v) is 3.13. The first kappa shape index (κ1) is 33.5. The number of benzene rings is 4. The SMILES string of the molecule is CC.CCC.CN=Nc1c(C)cc2cccc(NC)c2c1O.CS(=O)(=O)O.c1ccc2ccccc2c1. The molecule has 0 fully saturated rings. The highest BCUT2D eigenvalue weighted by molar-refractivity contribution is 7.85. The molecule has 3 N–H and O–H groups in total. The van der Waals surface area contributed by atoms with Gasteiger partial charge in [-0.05, 0) is 40.8 Å². The van der Waals surface area contributed by atoms with E-state index >= 15 is 0 Å². The first-order chi connectivity index (χ1) is 17.6. The first-order valence-corrected chi connectivity index (χ1v) is 14.0. The third-order valence-corrected chi connectivity index (χ3v) is 4.43. The van der Waals surface area contributed by atoms with Crippen LogP contribution in [0, 0.1) is 6.92 Å². The summed E-state index contributed by atoms with van der Waals surface area (Å²) in [5.74, 6) is 0.176. The molecular weight excluding hydrogens is 486 g/mol. The van der Waals surface area contributed by atoms with Gasteiger partial charge in [0.1, 0.15) is 5.69 Å². The molecule has 0 saturated heterocycles. The molecule has 8 heteroatoms.